The molecule has 3 fully saturated rings. The Hall–Kier alpha value is -0.650. The molecule has 5 nitrogen and oxygen atoms in total. The van der Waals surface area contributed by atoms with Crippen LogP contribution in [0.5, 0.6) is 0 Å². The van der Waals surface area contributed by atoms with Crippen molar-refractivity contribution in [3.8, 4) is 0 Å². The first kappa shape index (κ1) is 14.3. The number of amides is 1. The van der Waals surface area contributed by atoms with Crippen molar-refractivity contribution in [2.75, 3.05) is 26.3 Å². The lowest BCUT2D eigenvalue weighted by molar-refractivity contribution is -0.147. The van der Waals surface area contributed by atoms with Gasteiger partial charge in [-0.2, -0.15) is 0 Å². The number of nitrogens with zero attached hydrogens (tertiary/aromatic N) is 1. The summed E-state index contributed by atoms with van der Waals surface area (Å²) >= 11 is 0. The van der Waals surface area contributed by atoms with Crippen LogP contribution in [0.2, 0.25) is 0 Å². The number of hydrogen-bond donors (Lipinski definition) is 1. The van der Waals surface area contributed by atoms with Gasteiger partial charge in [-0.1, -0.05) is 0 Å². The van der Waals surface area contributed by atoms with Crippen LogP contribution in [0.3, 0.4) is 0 Å². The maximum absolute atomic E-state index is 12.6. The first-order valence-corrected chi connectivity index (χ1v) is 8.02. The van der Waals surface area contributed by atoms with Crippen LogP contribution in [0, 0.1) is 0 Å². The quantitative estimate of drug-likeness (QED) is 0.833. The summed E-state index contributed by atoms with van der Waals surface area (Å²) < 4.78 is 11.3. The van der Waals surface area contributed by atoms with E-state index in [2.05, 4.69) is 10.2 Å². The topological polar surface area (TPSA) is 50.8 Å². The van der Waals surface area contributed by atoms with Crippen molar-refractivity contribution in [2.45, 2.75) is 63.3 Å². The third-order valence-corrected chi connectivity index (χ3v) is 4.81. The van der Waals surface area contributed by atoms with Gasteiger partial charge in [-0.3, -0.25) is 4.79 Å². The van der Waals surface area contributed by atoms with Crippen molar-refractivity contribution in [3.63, 3.8) is 0 Å². The van der Waals surface area contributed by atoms with E-state index in [0.717, 1.165) is 51.8 Å². The zero-order valence-electron chi connectivity index (χ0n) is 12.3. The van der Waals surface area contributed by atoms with E-state index in [4.69, 9.17) is 9.47 Å². The van der Waals surface area contributed by atoms with Gasteiger partial charge in [0.05, 0.1) is 12.7 Å². The Balaban J connectivity index is 1.54. The largest absolute Gasteiger partial charge is 0.376 e. The maximum atomic E-state index is 12.6. The summed E-state index contributed by atoms with van der Waals surface area (Å²) in [6.45, 7) is 5.22. The molecule has 0 aromatic carbocycles. The molecule has 4 unspecified atom stereocenters. The zero-order valence-corrected chi connectivity index (χ0v) is 12.3. The van der Waals surface area contributed by atoms with Gasteiger partial charge in [0.15, 0.2) is 0 Å². The number of ether oxygens (including phenoxy) is 2. The average molecular weight is 282 g/mol. The van der Waals surface area contributed by atoms with Crippen LogP contribution in [-0.2, 0) is 14.3 Å². The second-order valence-corrected chi connectivity index (χ2v) is 6.23. The molecule has 0 aliphatic carbocycles. The van der Waals surface area contributed by atoms with E-state index in [0.29, 0.717) is 18.7 Å². The van der Waals surface area contributed by atoms with E-state index in [9.17, 15) is 4.79 Å². The summed E-state index contributed by atoms with van der Waals surface area (Å²) in [4.78, 5) is 14.7. The van der Waals surface area contributed by atoms with Crippen molar-refractivity contribution >= 4 is 5.91 Å². The van der Waals surface area contributed by atoms with E-state index in [1.165, 1.54) is 0 Å². The predicted octanol–water partition coefficient (Wildman–Crippen LogP) is 0.923. The van der Waals surface area contributed by atoms with E-state index < -0.39 is 0 Å². The molecule has 3 aliphatic heterocycles. The third-order valence-electron chi connectivity index (χ3n) is 4.81. The highest BCUT2D eigenvalue weighted by molar-refractivity contribution is 5.81. The molecule has 1 N–H and O–H groups in total. The van der Waals surface area contributed by atoms with E-state index in [1.54, 1.807) is 0 Å². The molecule has 0 radical (unpaired) electrons. The minimum absolute atomic E-state index is 0.166. The summed E-state index contributed by atoms with van der Waals surface area (Å²) in [5.41, 5.74) is 0. The fourth-order valence-corrected chi connectivity index (χ4v) is 3.65. The zero-order chi connectivity index (χ0) is 13.9. The Bertz CT molecular complexity index is 330. The highest BCUT2D eigenvalue weighted by Gasteiger charge is 2.39. The Labute approximate surface area is 121 Å². The van der Waals surface area contributed by atoms with E-state index in [-0.39, 0.29) is 18.1 Å². The van der Waals surface area contributed by atoms with Gasteiger partial charge >= 0.3 is 0 Å². The summed E-state index contributed by atoms with van der Waals surface area (Å²) in [5.74, 6) is 0.166. The molecule has 0 saturated carbocycles. The molecule has 1 amide bonds. The van der Waals surface area contributed by atoms with Crippen LogP contribution in [0.25, 0.3) is 0 Å². The summed E-state index contributed by atoms with van der Waals surface area (Å²) in [5, 5.41) is 3.42. The summed E-state index contributed by atoms with van der Waals surface area (Å²) in [7, 11) is 0. The van der Waals surface area contributed by atoms with Gasteiger partial charge in [0, 0.05) is 25.2 Å². The van der Waals surface area contributed by atoms with Crippen molar-refractivity contribution in [2.24, 2.45) is 0 Å². The van der Waals surface area contributed by atoms with Crippen LogP contribution in [0.1, 0.15) is 39.0 Å². The minimum Gasteiger partial charge on any atom is -0.376 e. The lowest BCUT2D eigenvalue weighted by Gasteiger charge is -2.30. The first-order valence-electron chi connectivity index (χ1n) is 8.02. The van der Waals surface area contributed by atoms with Gasteiger partial charge in [-0.15, -0.1) is 0 Å². The fraction of sp³-hybridized carbons (Fsp3) is 0.933. The highest BCUT2D eigenvalue weighted by Crippen LogP contribution is 2.29. The fourth-order valence-electron chi connectivity index (χ4n) is 3.65. The first-order chi connectivity index (χ1) is 9.75. The second-order valence-electron chi connectivity index (χ2n) is 6.23. The molecule has 3 aliphatic rings. The smallest absolute Gasteiger partial charge is 0.251 e. The second kappa shape index (κ2) is 6.41. The van der Waals surface area contributed by atoms with Crippen molar-refractivity contribution in [1.29, 1.82) is 0 Å². The Morgan fingerprint density at radius 2 is 2.20 bits per heavy atom. The normalized spacial score (nSPS) is 35.0. The Morgan fingerprint density at radius 3 is 3.00 bits per heavy atom. The number of hydrogen-bond acceptors (Lipinski definition) is 4. The Kier molecular flexibility index (Phi) is 4.58. The molecule has 20 heavy (non-hydrogen) atoms. The third kappa shape index (κ3) is 3.00. The molecule has 0 spiro atoms. The van der Waals surface area contributed by atoms with Gasteiger partial charge in [-0.05, 0) is 45.6 Å². The SMILES string of the molecule is CC(OCC1CCCO1)C(=O)N1C2CCNCC1CC2. The number of carbonyl (C=O) groups excluding carboxylic acids is 1. The number of carbonyl (C=O) groups is 1. The van der Waals surface area contributed by atoms with Gasteiger partial charge in [-0.25, -0.2) is 0 Å². The maximum Gasteiger partial charge on any atom is 0.251 e. The van der Waals surface area contributed by atoms with Crippen molar-refractivity contribution in [1.82, 2.24) is 10.2 Å². The number of rotatable bonds is 4. The summed E-state index contributed by atoms with van der Waals surface area (Å²) in [6.07, 6.45) is 5.35. The molecule has 2 bridgehead atoms. The number of nitrogens with one attached hydrogen (secondary N) is 1. The van der Waals surface area contributed by atoms with Gasteiger partial charge < -0.3 is 19.7 Å². The molecular weight excluding hydrogens is 256 g/mol. The monoisotopic (exact) mass is 282 g/mol. The predicted molar refractivity (Wildman–Crippen MR) is 75.5 cm³/mol. The molecule has 5 heteroatoms. The highest BCUT2D eigenvalue weighted by atomic mass is 16.5. The molecule has 3 rings (SSSR count). The van der Waals surface area contributed by atoms with Crippen LogP contribution >= 0.6 is 0 Å². The van der Waals surface area contributed by atoms with Crippen molar-refractivity contribution < 1.29 is 14.3 Å². The minimum atomic E-state index is -0.347. The van der Waals surface area contributed by atoms with E-state index >= 15 is 0 Å². The van der Waals surface area contributed by atoms with Gasteiger partial charge in [0.25, 0.3) is 5.91 Å². The lowest BCUT2D eigenvalue weighted by atomic mass is 10.1. The van der Waals surface area contributed by atoms with E-state index in [1.807, 2.05) is 6.92 Å². The summed E-state index contributed by atoms with van der Waals surface area (Å²) in [6, 6.07) is 0.778. The standard InChI is InChI=1S/C15H26N2O3/c1-11(20-10-14-3-2-8-19-14)15(18)17-12-4-5-13(17)9-16-7-6-12/h11-14,16H,2-10H2,1H3. The molecule has 3 heterocycles. The van der Waals surface area contributed by atoms with Crippen LogP contribution in [0.15, 0.2) is 0 Å². The van der Waals surface area contributed by atoms with Crippen molar-refractivity contribution in [3.05, 3.63) is 0 Å². The van der Waals surface area contributed by atoms with Gasteiger partial charge in [0.1, 0.15) is 6.10 Å². The molecule has 0 aromatic heterocycles. The van der Waals surface area contributed by atoms with Gasteiger partial charge in [0.2, 0.25) is 0 Å². The number of fused-ring (bicyclic) bond motifs is 2. The molecule has 0 aromatic rings. The van der Waals surface area contributed by atoms with Crippen LogP contribution in [0.4, 0.5) is 0 Å². The van der Waals surface area contributed by atoms with Crippen LogP contribution in [-0.4, -0.2) is 61.4 Å². The van der Waals surface area contributed by atoms with Crippen LogP contribution < -0.4 is 5.32 Å². The molecule has 3 saturated heterocycles. The lowest BCUT2D eigenvalue weighted by Crippen LogP contribution is -2.47. The molecule has 4 atom stereocenters. The molecular formula is C15H26N2O3. The molecule has 114 valence electrons. The Morgan fingerprint density at radius 1 is 1.35 bits per heavy atom. The average Bonchev–Trinajstić information content (AvgIpc) is 3.02.